The van der Waals surface area contributed by atoms with Gasteiger partial charge in [0.15, 0.2) is 5.78 Å². The molecule has 23 heavy (non-hydrogen) atoms. The predicted molar refractivity (Wildman–Crippen MR) is 96.5 cm³/mol. The number of anilines is 1. The Morgan fingerprint density at radius 3 is 2.70 bits per heavy atom. The number of hydrogen-bond donors (Lipinski definition) is 2. The molecule has 0 bridgehead atoms. The Morgan fingerprint density at radius 2 is 2.00 bits per heavy atom. The van der Waals surface area contributed by atoms with Gasteiger partial charge in [0.05, 0.1) is 0 Å². The number of nitrogens with one attached hydrogen (secondary N) is 2. The van der Waals surface area contributed by atoms with Crippen molar-refractivity contribution in [3.05, 3.63) is 35.4 Å². The second kappa shape index (κ2) is 6.38. The highest BCUT2D eigenvalue weighted by Crippen LogP contribution is 2.33. The van der Waals surface area contributed by atoms with Crippen LogP contribution in [0.25, 0.3) is 5.70 Å². The number of rotatable bonds is 3. The van der Waals surface area contributed by atoms with Gasteiger partial charge in [-0.2, -0.15) is 0 Å². The predicted octanol–water partition coefficient (Wildman–Crippen LogP) is 4.14. The SMILES string of the molecule is CNc1ccc2c(c1)/C(=C/C(=O)C1CCCCC1)NC(C)(C)C2. The maximum absolute atomic E-state index is 12.7. The van der Waals surface area contributed by atoms with Gasteiger partial charge in [-0.3, -0.25) is 4.79 Å². The molecule has 0 aromatic heterocycles. The minimum atomic E-state index is -0.0210. The average molecular weight is 312 g/mol. The van der Waals surface area contributed by atoms with Crippen LogP contribution in [0.4, 0.5) is 5.69 Å². The van der Waals surface area contributed by atoms with Gasteiger partial charge in [0.25, 0.3) is 0 Å². The van der Waals surface area contributed by atoms with Crippen LogP contribution >= 0.6 is 0 Å². The van der Waals surface area contributed by atoms with E-state index >= 15 is 0 Å². The third-order valence-electron chi connectivity index (χ3n) is 5.09. The van der Waals surface area contributed by atoms with Gasteiger partial charge in [-0.05, 0) is 50.8 Å². The number of allylic oxidation sites excluding steroid dienone is 1. The lowest BCUT2D eigenvalue weighted by atomic mass is 9.83. The van der Waals surface area contributed by atoms with E-state index in [4.69, 9.17) is 0 Å². The fourth-order valence-corrected chi connectivity index (χ4v) is 3.85. The number of carbonyl (C=O) groups excluding carboxylic acids is 1. The lowest BCUT2D eigenvalue weighted by Gasteiger charge is -2.36. The molecule has 1 saturated carbocycles. The van der Waals surface area contributed by atoms with Gasteiger partial charge in [-0.25, -0.2) is 0 Å². The van der Waals surface area contributed by atoms with E-state index in [-0.39, 0.29) is 11.5 Å². The molecule has 0 amide bonds. The van der Waals surface area contributed by atoms with Crippen molar-refractivity contribution in [2.45, 2.75) is 57.9 Å². The molecule has 1 aromatic rings. The highest BCUT2D eigenvalue weighted by molar-refractivity contribution is 5.98. The van der Waals surface area contributed by atoms with E-state index in [1.807, 2.05) is 13.1 Å². The Bertz CT molecular complexity index is 625. The van der Waals surface area contributed by atoms with Gasteiger partial charge in [0.1, 0.15) is 0 Å². The Morgan fingerprint density at radius 1 is 1.26 bits per heavy atom. The molecule has 124 valence electrons. The summed E-state index contributed by atoms with van der Waals surface area (Å²) in [7, 11) is 1.93. The first kappa shape index (κ1) is 16.1. The van der Waals surface area contributed by atoms with Gasteiger partial charge in [-0.15, -0.1) is 0 Å². The zero-order chi connectivity index (χ0) is 16.4. The minimum absolute atomic E-state index is 0.0210. The topological polar surface area (TPSA) is 41.1 Å². The summed E-state index contributed by atoms with van der Waals surface area (Å²) in [5, 5.41) is 6.78. The summed E-state index contributed by atoms with van der Waals surface area (Å²) in [5.74, 6) is 0.518. The molecule has 1 aliphatic carbocycles. The molecule has 2 N–H and O–H groups in total. The van der Waals surface area contributed by atoms with Gasteiger partial charge in [0.2, 0.25) is 0 Å². The second-order valence-corrected chi connectivity index (χ2v) is 7.60. The van der Waals surface area contributed by atoms with E-state index in [0.29, 0.717) is 5.78 Å². The van der Waals surface area contributed by atoms with E-state index in [2.05, 4.69) is 42.7 Å². The van der Waals surface area contributed by atoms with Crippen molar-refractivity contribution in [1.29, 1.82) is 0 Å². The molecule has 1 aromatic carbocycles. The maximum Gasteiger partial charge on any atom is 0.160 e. The van der Waals surface area contributed by atoms with Crippen LogP contribution in [0.1, 0.15) is 57.1 Å². The molecule has 0 atom stereocenters. The number of ketones is 1. The lowest BCUT2D eigenvalue weighted by molar-refractivity contribution is -0.119. The third kappa shape index (κ3) is 3.60. The van der Waals surface area contributed by atoms with Crippen molar-refractivity contribution in [2.75, 3.05) is 12.4 Å². The molecular formula is C20H28N2O. The van der Waals surface area contributed by atoms with Crippen LogP contribution < -0.4 is 10.6 Å². The summed E-state index contributed by atoms with van der Waals surface area (Å²) in [6.45, 7) is 4.39. The van der Waals surface area contributed by atoms with Crippen LogP contribution in [-0.2, 0) is 11.2 Å². The van der Waals surface area contributed by atoms with Crippen molar-refractivity contribution in [3.63, 3.8) is 0 Å². The number of fused-ring (bicyclic) bond motifs is 1. The molecule has 3 rings (SSSR count). The lowest BCUT2D eigenvalue weighted by Crippen LogP contribution is -2.44. The molecule has 0 radical (unpaired) electrons. The van der Waals surface area contributed by atoms with Gasteiger partial charge in [0, 0.05) is 41.5 Å². The van der Waals surface area contributed by atoms with Crippen LogP contribution in [0.15, 0.2) is 24.3 Å². The first-order chi connectivity index (χ1) is 11.0. The fraction of sp³-hybridized carbons (Fsp3) is 0.550. The second-order valence-electron chi connectivity index (χ2n) is 7.60. The highest BCUT2D eigenvalue weighted by atomic mass is 16.1. The summed E-state index contributed by atoms with van der Waals surface area (Å²) in [4.78, 5) is 12.7. The van der Waals surface area contributed by atoms with Gasteiger partial charge < -0.3 is 10.6 Å². The molecule has 1 heterocycles. The van der Waals surface area contributed by atoms with Crippen LogP contribution in [0.2, 0.25) is 0 Å². The standard InChI is InChI=1S/C20H28N2O/c1-20(2)13-15-9-10-16(21-3)11-17(15)18(22-20)12-19(23)14-7-5-4-6-8-14/h9-12,14,21-22H,4-8,13H2,1-3H3/b18-12-. The first-order valence-electron chi connectivity index (χ1n) is 8.83. The molecule has 0 spiro atoms. The molecular weight excluding hydrogens is 284 g/mol. The Labute approximate surface area is 139 Å². The molecule has 3 heteroatoms. The van der Waals surface area contributed by atoms with Crippen molar-refractivity contribution in [2.24, 2.45) is 5.92 Å². The monoisotopic (exact) mass is 312 g/mol. The summed E-state index contributed by atoms with van der Waals surface area (Å²) in [6, 6.07) is 6.45. The summed E-state index contributed by atoms with van der Waals surface area (Å²) in [5.41, 5.74) is 4.54. The number of benzene rings is 1. The van der Waals surface area contributed by atoms with Crippen LogP contribution in [0, 0.1) is 5.92 Å². The Kier molecular flexibility index (Phi) is 4.47. The first-order valence-corrected chi connectivity index (χ1v) is 8.83. The average Bonchev–Trinajstić information content (AvgIpc) is 2.54. The summed E-state index contributed by atoms with van der Waals surface area (Å²) in [6.07, 6.45) is 8.61. The van der Waals surface area contributed by atoms with Crippen LogP contribution in [-0.4, -0.2) is 18.4 Å². The minimum Gasteiger partial charge on any atom is -0.388 e. The Balaban J connectivity index is 1.94. The van der Waals surface area contributed by atoms with E-state index in [1.54, 1.807) is 0 Å². The van der Waals surface area contributed by atoms with Crippen molar-refractivity contribution in [3.8, 4) is 0 Å². The summed E-state index contributed by atoms with van der Waals surface area (Å²) >= 11 is 0. The largest absolute Gasteiger partial charge is 0.388 e. The fourth-order valence-electron chi connectivity index (χ4n) is 3.85. The van der Waals surface area contributed by atoms with Crippen molar-refractivity contribution < 1.29 is 4.79 Å². The highest BCUT2D eigenvalue weighted by Gasteiger charge is 2.29. The molecule has 0 saturated heterocycles. The van der Waals surface area contributed by atoms with Crippen molar-refractivity contribution in [1.82, 2.24) is 5.32 Å². The van der Waals surface area contributed by atoms with Crippen LogP contribution in [0.3, 0.4) is 0 Å². The summed E-state index contributed by atoms with van der Waals surface area (Å²) < 4.78 is 0. The van der Waals surface area contributed by atoms with Crippen LogP contribution in [0.5, 0.6) is 0 Å². The van der Waals surface area contributed by atoms with Gasteiger partial charge >= 0.3 is 0 Å². The smallest absolute Gasteiger partial charge is 0.160 e. The molecule has 3 nitrogen and oxygen atoms in total. The molecule has 2 aliphatic rings. The third-order valence-corrected chi connectivity index (χ3v) is 5.09. The molecule has 1 aliphatic heterocycles. The van der Waals surface area contributed by atoms with E-state index < -0.39 is 0 Å². The van der Waals surface area contributed by atoms with E-state index in [0.717, 1.165) is 30.6 Å². The van der Waals surface area contributed by atoms with Crippen molar-refractivity contribution >= 4 is 17.2 Å². The molecule has 0 unspecified atom stereocenters. The van der Waals surface area contributed by atoms with E-state index in [9.17, 15) is 4.79 Å². The van der Waals surface area contributed by atoms with E-state index in [1.165, 1.54) is 30.4 Å². The maximum atomic E-state index is 12.7. The normalized spacial score (nSPS) is 22.3. The molecule has 1 fully saturated rings. The number of hydrogen-bond acceptors (Lipinski definition) is 3. The quantitative estimate of drug-likeness (QED) is 0.824. The number of carbonyl (C=O) groups is 1. The Hall–Kier alpha value is -1.77. The van der Waals surface area contributed by atoms with Gasteiger partial charge in [-0.1, -0.05) is 25.3 Å². The zero-order valence-electron chi connectivity index (χ0n) is 14.5. The zero-order valence-corrected chi connectivity index (χ0v) is 14.5.